The summed E-state index contributed by atoms with van der Waals surface area (Å²) < 4.78 is 1.49. The first kappa shape index (κ1) is 19.9. The minimum absolute atomic E-state index is 0.109. The van der Waals surface area contributed by atoms with Gasteiger partial charge in [-0.1, -0.05) is 30.3 Å². The minimum Gasteiger partial charge on any atom is -0.340 e. The second-order valence-corrected chi connectivity index (χ2v) is 9.30. The molecule has 2 amide bonds. The highest BCUT2D eigenvalue weighted by Crippen LogP contribution is 2.23. The van der Waals surface area contributed by atoms with Crippen molar-refractivity contribution < 1.29 is 9.59 Å². The number of amides is 2. The normalized spacial score (nSPS) is 17.6. The van der Waals surface area contributed by atoms with Crippen LogP contribution in [0.2, 0.25) is 0 Å². The van der Waals surface area contributed by atoms with Crippen molar-refractivity contribution in [2.24, 2.45) is 0 Å². The summed E-state index contributed by atoms with van der Waals surface area (Å²) in [5.74, 6) is -0.0460. The number of piperidine rings is 1. The highest BCUT2D eigenvalue weighted by Gasteiger charge is 2.32. The van der Waals surface area contributed by atoms with Crippen LogP contribution < -0.4 is 5.56 Å². The van der Waals surface area contributed by atoms with Gasteiger partial charge in [-0.15, -0.1) is 11.3 Å². The Bertz CT molecular complexity index is 1180. The molecule has 2 aliphatic rings. The standard InChI is InChI=1S/C23H24N4O3S/c28-20-7-4-10-26(20)17-8-11-25(12-9-17)21(29)19-14-24-23-27(22(19)30)15-18(31-23)13-16-5-2-1-3-6-16/h1-3,5-6,14-15,17H,4,7-13H2. The number of benzene rings is 1. The Balaban J connectivity index is 1.32. The van der Waals surface area contributed by atoms with E-state index in [2.05, 4.69) is 17.1 Å². The maximum Gasteiger partial charge on any atom is 0.271 e. The Morgan fingerprint density at radius 3 is 2.58 bits per heavy atom. The average Bonchev–Trinajstić information content (AvgIpc) is 3.41. The molecule has 2 aromatic heterocycles. The lowest BCUT2D eigenvalue weighted by Gasteiger charge is -2.36. The predicted molar refractivity (Wildman–Crippen MR) is 118 cm³/mol. The van der Waals surface area contributed by atoms with Crippen LogP contribution in [0, 0.1) is 0 Å². The quantitative estimate of drug-likeness (QED) is 0.630. The number of thiazole rings is 1. The Kier molecular flexibility index (Phi) is 5.31. The van der Waals surface area contributed by atoms with Crippen molar-refractivity contribution in [2.75, 3.05) is 19.6 Å². The lowest BCUT2D eigenvalue weighted by Crippen LogP contribution is -2.48. The van der Waals surface area contributed by atoms with Crippen LogP contribution in [0.15, 0.2) is 47.5 Å². The van der Waals surface area contributed by atoms with Gasteiger partial charge in [0.25, 0.3) is 11.5 Å². The largest absolute Gasteiger partial charge is 0.340 e. The number of likely N-dealkylation sites (tertiary alicyclic amines) is 2. The van der Waals surface area contributed by atoms with Crippen molar-refractivity contribution in [3.05, 3.63) is 69.1 Å². The summed E-state index contributed by atoms with van der Waals surface area (Å²) in [6.07, 6.45) is 7.01. The zero-order valence-corrected chi connectivity index (χ0v) is 18.0. The highest BCUT2D eigenvalue weighted by atomic mass is 32.1. The van der Waals surface area contributed by atoms with E-state index in [1.165, 1.54) is 21.9 Å². The zero-order valence-electron chi connectivity index (χ0n) is 17.2. The fourth-order valence-corrected chi connectivity index (χ4v) is 5.53. The molecular weight excluding hydrogens is 412 g/mol. The molecule has 7 nitrogen and oxygen atoms in total. The van der Waals surface area contributed by atoms with Crippen LogP contribution in [0.3, 0.4) is 0 Å². The lowest BCUT2D eigenvalue weighted by molar-refractivity contribution is -0.130. The van der Waals surface area contributed by atoms with Gasteiger partial charge in [0.1, 0.15) is 5.56 Å². The maximum absolute atomic E-state index is 13.0. The summed E-state index contributed by atoms with van der Waals surface area (Å²) in [7, 11) is 0. The van der Waals surface area contributed by atoms with Crippen molar-refractivity contribution in [3.63, 3.8) is 0 Å². The van der Waals surface area contributed by atoms with E-state index >= 15 is 0 Å². The van der Waals surface area contributed by atoms with E-state index < -0.39 is 0 Å². The van der Waals surface area contributed by atoms with Gasteiger partial charge in [0, 0.05) is 55.8 Å². The molecular formula is C23H24N4O3S. The van der Waals surface area contributed by atoms with Crippen LogP contribution in [0.5, 0.6) is 0 Å². The summed E-state index contributed by atoms with van der Waals surface area (Å²) in [6, 6.07) is 10.3. The fraction of sp³-hybridized carbons (Fsp3) is 0.391. The Morgan fingerprint density at radius 1 is 1.10 bits per heavy atom. The highest BCUT2D eigenvalue weighted by molar-refractivity contribution is 7.17. The van der Waals surface area contributed by atoms with Gasteiger partial charge in [-0.25, -0.2) is 4.98 Å². The number of hydrogen-bond acceptors (Lipinski definition) is 5. The summed E-state index contributed by atoms with van der Waals surface area (Å²) >= 11 is 1.47. The number of carbonyl (C=O) groups is 2. The smallest absolute Gasteiger partial charge is 0.271 e. The molecule has 5 rings (SSSR count). The molecule has 1 aromatic carbocycles. The first-order valence-electron chi connectivity index (χ1n) is 10.7. The Hall–Kier alpha value is -3.00. The molecule has 2 aliphatic heterocycles. The summed E-state index contributed by atoms with van der Waals surface area (Å²) in [6.45, 7) is 1.93. The van der Waals surface area contributed by atoms with E-state index in [9.17, 15) is 14.4 Å². The van der Waals surface area contributed by atoms with Crippen LogP contribution in [-0.2, 0) is 11.2 Å². The minimum atomic E-state index is -0.317. The Morgan fingerprint density at radius 2 is 1.87 bits per heavy atom. The van der Waals surface area contributed by atoms with Gasteiger partial charge in [-0.3, -0.25) is 18.8 Å². The van der Waals surface area contributed by atoms with E-state index in [0.717, 1.165) is 42.7 Å². The van der Waals surface area contributed by atoms with E-state index in [0.29, 0.717) is 24.5 Å². The van der Waals surface area contributed by atoms with Crippen molar-refractivity contribution in [1.29, 1.82) is 0 Å². The molecule has 2 fully saturated rings. The molecule has 0 radical (unpaired) electrons. The third kappa shape index (κ3) is 3.87. The van der Waals surface area contributed by atoms with Gasteiger partial charge in [-0.2, -0.15) is 0 Å². The van der Waals surface area contributed by atoms with Crippen LogP contribution >= 0.6 is 11.3 Å². The molecule has 31 heavy (non-hydrogen) atoms. The first-order valence-corrected chi connectivity index (χ1v) is 11.5. The van der Waals surface area contributed by atoms with Gasteiger partial charge in [-0.05, 0) is 24.8 Å². The number of carbonyl (C=O) groups excluding carboxylic acids is 2. The molecule has 0 atom stereocenters. The molecule has 0 spiro atoms. The van der Waals surface area contributed by atoms with E-state index in [1.807, 2.05) is 23.1 Å². The van der Waals surface area contributed by atoms with Gasteiger partial charge < -0.3 is 9.80 Å². The van der Waals surface area contributed by atoms with Crippen molar-refractivity contribution in [3.8, 4) is 0 Å². The topological polar surface area (TPSA) is 75.0 Å². The van der Waals surface area contributed by atoms with Gasteiger partial charge in [0.05, 0.1) is 0 Å². The summed E-state index contributed by atoms with van der Waals surface area (Å²) in [4.78, 5) is 47.8. The molecule has 4 heterocycles. The molecule has 0 bridgehead atoms. The molecule has 3 aromatic rings. The molecule has 160 valence electrons. The van der Waals surface area contributed by atoms with Crippen LogP contribution in [0.4, 0.5) is 0 Å². The average molecular weight is 437 g/mol. The number of fused-ring (bicyclic) bond motifs is 1. The number of nitrogens with zero attached hydrogens (tertiary/aromatic N) is 4. The third-order valence-electron chi connectivity index (χ3n) is 6.21. The molecule has 0 aliphatic carbocycles. The van der Waals surface area contributed by atoms with Crippen LogP contribution in [0.1, 0.15) is 46.5 Å². The SMILES string of the molecule is O=C(c1cnc2sc(Cc3ccccc3)cn2c1=O)N1CCC(N2CCCC2=O)CC1. The zero-order chi connectivity index (χ0) is 21.4. The second-order valence-electron chi connectivity index (χ2n) is 8.20. The molecule has 0 unspecified atom stereocenters. The number of hydrogen-bond donors (Lipinski definition) is 0. The third-order valence-corrected chi connectivity index (χ3v) is 7.21. The Labute approximate surface area is 183 Å². The predicted octanol–water partition coefficient (Wildman–Crippen LogP) is 2.57. The molecule has 8 heteroatoms. The molecule has 0 saturated carbocycles. The van der Waals surface area contributed by atoms with Gasteiger partial charge in [0.15, 0.2) is 4.96 Å². The molecule has 2 saturated heterocycles. The van der Waals surface area contributed by atoms with Crippen molar-refractivity contribution >= 4 is 28.1 Å². The van der Waals surface area contributed by atoms with Gasteiger partial charge >= 0.3 is 0 Å². The second kappa shape index (κ2) is 8.26. The van der Waals surface area contributed by atoms with Gasteiger partial charge in [0.2, 0.25) is 5.91 Å². The maximum atomic E-state index is 13.0. The van der Waals surface area contributed by atoms with Crippen molar-refractivity contribution in [1.82, 2.24) is 19.2 Å². The number of rotatable bonds is 4. The monoisotopic (exact) mass is 436 g/mol. The summed E-state index contributed by atoms with van der Waals surface area (Å²) in [5, 5.41) is 0. The van der Waals surface area contributed by atoms with E-state index in [4.69, 9.17) is 0 Å². The lowest BCUT2D eigenvalue weighted by atomic mass is 10.0. The van der Waals surface area contributed by atoms with Crippen molar-refractivity contribution in [2.45, 2.75) is 38.1 Å². The first-order chi connectivity index (χ1) is 15.1. The van der Waals surface area contributed by atoms with Crippen LogP contribution in [-0.4, -0.2) is 56.7 Å². The number of aromatic nitrogens is 2. The summed E-state index contributed by atoms with van der Waals surface area (Å²) in [5.41, 5.74) is 0.956. The fourth-order valence-electron chi connectivity index (χ4n) is 4.56. The molecule has 0 N–H and O–H groups in total. The van der Waals surface area contributed by atoms with Crippen LogP contribution in [0.25, 0.3) is 4.96 Å². The van der Waals surface area contributed by atoms with E-state index in [1.54, 1.807) is 11.1 Å². The van der Waals surface area contributed by atoms with E-state index in [-0.39, 0.29) is 29.0 Å².